The molecule has 2 aromatic carbocycles. The molecule has 0 spiro atoms. The molecule has 2 N–H and O–H groups in total. The van der Waals surface area contributed by atoms with Gasteiger partial charge in [-0.25, -0.2) is 4.79 Å². The van der Waals surface area contributed by atoms with E-state index in [-0.39, 0.29) is 0 Å². The molecular weight excluding hydrogens is 334 g/mol. The summed E-state index contributed by atoms with van der Waals surface area (Å²) in [5.74, 6) is -0.347. The minimum absolute atomic E-state index is 0.616. The molecule has 0 radical (unpaired) electrons. The van der Waals surface area contributed by atoms with Gasteiger partial charge in [0.05, 0.1) is 7.11 Å². The lowest BCUT2D eigenvalue weighted by Crippen LogP contribution is -2.40. The molecule has 110 valence electrons. The van der Waals surface area contributed by atoms with Crippen LogP contribution in [0.2, 0.25) is 0 Å². The summed E-state index contributed by atoms with van der Waals surface area (Å²) in [6, 6.07) is 14.4. The average Bonchev–Trinajstić information content (AvgIpc) is 2.49. The Hall–Kier alpha value is -2.01. The lowest BCUT2D eigenvalue weighted by atomic mass is 9.91. The Kier molecular flexibility index (Phi) is 4.53. The van der Waals surface area contributed by atoms with Gasteiger partial charge in [-0.2, -0.15) is 0 Å². The number of carboxylic acid groups (broad SMARTS) is 1. The lowest BCUT2D eigenvalue weighted by Gasteiger charge is -2.28. The first-order valence-electron chi connectivity index (χ1n) is 6.38. The van der Waals surface area contributed by atoms with Crippen molar-refractivity contribution in [3.63, 3.8) is 0 Å². The maximum Gasteiger partial charge on any atom is 0.333 e. The van der Waals surface area contributed by atoms with E-state index in [0.29, 0.717) is 17.0 Å². The third kappa shape index (κ3) is 3.19. The van der Waals surface area contributed by atoms with Gasteiger partial charge in [-0.05, 0) is 52.7 Å². The highest BCUT2D eigenvalue weighted by atomic mass is 79.9. The summed E-state index contributed by atoms with van der Waals surface area (Å²) < 4.78 is 5.98. The van der Waals surface area contributed by atoms with Gasteiger partial charge < -0.3 is 15.2 Å². The van der Waals surface area contributed by atoms with Gasteiger partial charge >= 0.3 is 5.97 Å². The number of para-hydroxylation sites is 1. The van der Waals surface area contributed by atoms with Crippen LogP contribution in [0.15, 0.2) is 53.0 Å². The summed E-state index contributed by atoms with van der Waals surface area (Å²) in [5, 5.41) is 12.8. The molecule has 2 rings (SSSR count). The van der Waals surface area contributed by atoms with Gasteiger partial charge in [-0.3, -0.25) is 0 Å². The highest BCUT2D eigenvalue weighted by molar-refractivity contribution is 9.10. The second kappa shape index (κ2) is 6.18. The number of nitrogens with one attached hydrogen (secondary N) is 1. The van der Waals surface area contributed by atoms with Crippen LogP contribution in [0.1, 0.15) is 12.5 Å². The van der Waals surface area contributed by atoms with Gasteiger partial charge in [0, 0.05) is 10.2 Å². The Labute approximate surface area is 131 Å². The highest BCUT2D eigenvalue weighted by Gasteiger charge is 2.35. The molecule has 0 bridgehead atoms. The van der Waals surface area contributed by atoms with Crippen molar-refractivity contribution in [2.75, 3.05) is 12.4 Å². The second-order valence-electron chi connectivity index (χ2n) is 4.77. The van der Waals surface area contributed by atoms with Crippen molar-refractivity contribution < 1.29 is 14.6 Å². The molecular formula is C16H16BrNO3. The summed E-state index contributed by atoms with van der Waals surface area (Å²) in [6.45, 7) is 1.63. The zero-order valence-corrected chi connectivity index (χ0v) is 13.3. The fourth-order valence-corrected chi connectivity index (χ4v) is 2.40. The number of hydrogen-bond donors (Lipinski definition) is 2. The summed E-state index contributed by atoms with van der Waals surface area (Å²) in [7, 11) is 1.55. The largest absolute Gasteiger partial charge is 0.497 e. The van der Waals surface area contributed by atoms with Crippen molar-refractivity contribution >= 4 is 27.6 Å². The molecule has 21 heavy (non-hydrogen) atoms. The SMILES string of the molecule is COc1cccc(C(C)(Nc2ccccc2Br)C(=O)O)c1. The number of carbonyl (C=O) groups is 1. The van der Waals surface area contributed by atoms with Gasteiger partial charge in [-0.1, -0.05) is 24.3 Å². The predicted octanol–water partition coefficient (Wildman–Crippen LogP) is 3.87. The first-order valence-corrected chi connectivity index (χ1v) is 7.17. The van der Waals surface area contributed by atoms with Crippen LogP contribution in [0.4, 0.5) is 5.69 Å². The number of halogens is 1. The smallest absolute Gasteiger partial charge is 0.333 e. The fraction of sp³-hybridized carbons (Fsp3) is 0.188. The molecule has 1 atom stereocenters. The Morgan fingerprint density at radius 2 is 1.95 bits per heavy atom. The molecule has 0 fully saturated rings. The lowest BCUT2D eigenvalue weighted by molar-refractivity contribution is -0.142. The number of carboxylic acids is 1. The first-order chi connectivity index (χ1) is 9.97. The molecule has 0 aliphatic rings. The van der Waals surface area contributed by atoms with Gasteiger partial charge in [-0.15, -0.1) is 0 Å². The maximum absolute atomic E-state index is 11.8. The van der Waals surface area contributed by atoms with Crippen LogP contribution in [-0.2, 0) is 10.3 Å². The second-order valence-corrected chi connectivity index (χ2v) is 5.62. The molecule has 4 nitrogen and oxygen atoms in total. The normalized spacial score (nSPS) is 13.3. The molecule has 0 amide bonds. The summed E-state index contributed by atoms with van der Waals surface area (Å²) in [4.78, 5) is 11.8. The van der Waals surface area contributed by atoms with Crippen LogP contribution in [0, 0.1) is 0 Å². The maximum atomic E-state index is 11.8. The Morgan fingerprint density at radius 3 is 2.57 bits per heavy atom. The number of anilines is 1. The quantitative estimate of drug-likeness (QED) is 0.860. The molecule has 0 aromatic heterocycles. The molecule has 0 saturated heterocycles. The van der Waals surface area contributed by atoms with Crippen LogP contribution in [0.5, 0.6) is 5.75 Å². The summed E-state index contributed by atoms with van der Waals surface area (Å²) >= 11 is 3.42. The van der Waals surface area contributed by atoms with Crippen LogP contribution in [0.3, 0.4) is 0 Å². The molecule has 0 saturated carbocycles. The number of ether oxygens (including phenoxy) is 1. The van der Waals surface area contributed by atoms with E-state index >= 15 is 0 Å². The van der Waals surface area contributed by atoms with Gasteiger partial charge in [0.1, 0.15) is 5.75 Å². The van der Waals surface area contributed by atoms with E-state index in [1.165, 1.54) is 0 Å². The van der Waals surface area contributed by atoms with Crippen LogP contribution < -0.4 is 10.1 Å². The van der Waals surface area contributed by atoms with Gasteiger partial charge in [0.2, 0.25) is 0 Å². The zero-order valence-electron chi connectivity index (χ0n) is 11.8. The third-order valence-corrected chi connectivity index (χ3v) is 4.02. The summed E-state index contributed by atoms with van der Waals surface area (Å²) in [5.41, 5.74) is 0.0635. The molecule has 0 aliphatic heterocycles. The minimum atomic E-state index is -1.27. The van der Waals surface area contributed by atoms with E-state index in [4.69, 9.17) is 4.74 Å². The fourth-order valence-electron chi connectivity index (χ4n) is 2.02. The molecule has 5 heteroatoms. The van der Waals surface area contributed by atoms with Gasteiger partial charge in [0.25, 0.3) is 0 Å². The van der Waals surface area contributed by atoms with E-state index < -0.39 is 11.5 Å². The number of hydrogen-bond acceptors (Lipinski definition) is 3. The summed E-state index contributed by atoms with van der Waals surface area (Å²) in [6.07, 6.45) is 0. The van der Waals surface area contributed by atoms with E-state index in [1.54, 1.807) is 38.3 Å². The van der Waals surface area contributed by atoms with Gasteiger partial charge in [0.15, 0.2) is 5.54 Å². The van der Waals surface area contributed by atoms with E-state index in [9.17, 15) is 9.90 Å². The van der Waals surface area contributed by atoms with Crippen LogP contribution in [0.25, 0.3) is 0 Å². The van der Waals surface area contributed by atoms with Crippen molar-refractivity contribution in [1.82, 2.24) is 0 Å². The van der Waals surface area contributed by atoms with Crippen molar-refractivity contribution in [2.24, 2.45) is 0 Å². The molecule has 0 aliphatic carbocycles. The topological polar surface area (TPSA) is 58.6 Å². The third-order valence-electron chi connectivity index (χ3n) is 3.33. The van der Waals surface area contributed by atoms with Crippen LogP contribution in [-0.4, -0.2) is 18.2 Å². The predicted molar refractivity (Wildman–Crippen MR) is 85.7 cm³/mol. The van der Waals surface area contributed by atoms with E-state index in [1.807, 2.05) is 24.3 Å². The number of methoxy groups -OCH3 is 1. The van der Waals surface area contributed by atoms with Crippen molar-refractivity contribution in [1.29, 1.82) is 0 Å². The molecule has 2 aromatic rings. The highest BCUT2D eigenvalue weighted by Crippen LogP contribution is 2.32. The first kappa shape index (κ1) is 15.4. The molecule has 1 unspecified atom stereocenters. The monoisotopic (exact) mass is 349 g/mol. The van der Waals surface area contributed by atoms with Crippen LogP contribution >= 0.6 is 15.9 Å². The number of rotatable bonds is 5. The Bertz CT molecular complexity index is 659. The minimum Gasteiger partial charge on any atom is -0.497 e. The van der Waals surface area contributed by atoms with E-state index in [2.05, 4.69) is 21.2 Å². The van der Waals surface area contributed by atoms with E-state index in [0.717, 1.165) is 4.47 Å². The average molecular weight is 350 g/mol. The van der Waals surface area contributed by atoms with Crippen molar-refractivity contribution in [3.8, 4) is 5.75 Å². The number of benzene rings is 2. The Morgan fingerprint density at radius 1 is 1.24 bits per heavy atom. The molecule has 0 heterocycles. The Balaban J connectivity index is 2.45. The van der Waals surface area contributed by atoms with Crippen molar-refractivity contribution in [3.05, 3.63) is 58.6 Å². The van der Waals surface area contributed by atoms with Crippen molar-refractivity contribution in [2.45, 2.75) is 12.5 Å². The standard InChI is InChI=1S/C16H16BrNO3/c1-16(15(19)20,11-6-5-7-12(10-11)21-2)18-14-9-4-3-8-13(14)17/h3-10,18H,1-2H3,(H,19,20). The number of aliphatic carboxylic acids is 1. The zero-order chi connectivity index (χ0) is 15.5.